The summed E-state index contributed by atoms with van der Waals surface area (Å²) in [4.78, 5) is 34.4. The minimum Gasteiger partial charge on any atom is -0.493 e. The largest absolute Gasteiger partial charge is 0.586 e. The predicted molar refractivity (Wildman–Crippen MR) is 255 cm³/mol. The van der Waals surface area contributed by atoms with Crippen molar-refractivity contribution < 1.29 is 70.4 Å². The summed E-state index contributed by atoms with van der Waals surface area (Å²) in [5, 5.41) is 26.7. The molecule has 6 aromatic rings. The lowest BCUT2D eigenvalue weighted by Crippen LogP contribution is -2.30. The number of halogens is 5. The molecule has 12 rings (SSSR count). The van der Waals surface area contributed by atoms with Crippen LogP contribution in [0.4, 0.5) is 28.9 Å². The molecule has 23 heteroatoms. The molecule has 0 unspecified atom stereocenters. The summed E-state index contributed by atoms with van der Waals surface area (Å²) in [5.41, 5.74) is 6.00. The molecule has 4 aromatic carbocycles. The van der Waals surface area contributed by atoms with Crippen LogP contribution in [-0.2, 0) is 19.3 Å². The SMILES string of the molecule is C.C.C.O=C(NC1=Nc2cc3c(cc2C1)OC(F)(F)O3)c1csc(-c2ccc3c(c2)CCO3)c1.O=C(NC1=Nc2cc3c(cc2C1)OC(F)(F)O3)c1csc(Br)c1.OB(O)c1ccc2c(c1)OCO2. The molecule has 6 aliphatic rings. The Balaban J connectivity index is 0.000000163. The van der Waals surface area contributed by atoms with Gasteiger partial charge in [-0.15, -0.1) is 40.2 Å². The molecule has 360 valence electrons. The number of benzene rings is 4. The number of nitrogens with zero attached hydrogens (tertiary/aromatic N) is 2. The molecule has 15 nitrogen and oxygen atoms in total. The number of hydrogen-bond donors (Lipinski definition) is 4. The van der Waals surface area contributed by atoms with Gasteiger partial charge in [0.1, 0.15) is 17.4 Å². The van der Waals surface area contributed by atoms with E-state index in [9.17, 15) is 27.2 Å². The van der Waals surface area contributed by atoms with Crippen LogP contribution in [0.1, 0.15) is 59.7 Å². The summed E-state index contributed by atoms with van der Waals surface area (Å²) < 4.78 is 86.7. The van der Waals surface area contributed by atoms with Gasteiger partial charge in [0.05, 0.1) is 32.9 Å². The molecular formula is C46H40BBrF4N4O11S2. The number of rotatable bonds is 4. The highest BCUT2D eigenvalue weighted by Crippen LogP contribution is 2.47. The average Bonchev–Trinajstić information content (AvgIpc) is 4.12. The van der Waals surface area contributed by atoms with Gasteiger partial charge in [0.2, 0.25) is 6.79 Å². The Morgan fingerprint density at radius 3 is 1.72 bits per heavy atom. The third-order valence-electron chi connectivity index (χ3n) is 10.3. The van der Waals surface area contributed by atoms with Gasteiger partial charge in [0.25, 0.3) is 11.8 Å². The Hall–Kier alpha value is -6.66. The summed E-state index contributed by atoms with van der Waals surface area (Å²) in [6.45, 7) is 0.894. The zero-order valence-corrected chi connectivity index (χ0v) is 36.6. The van der Waals surface area contributed by atoms with Crippen molar-refractivity contribution in [2.75, 3.05) is 13.4 Å². The number of thiophene rings is 2. The van der Waals surface area contributed by atoms with Crippen LogP contribution < -0.4 is 49.3 Å². The van der Waals surface area contributed by atoms with Gasteiger partial charge in [-0.2, -0.15) is 0 Å². The maximum Gasteiger partial charge on any atom is 0.586 e. The summed E-state index contributed by atoms with van der Waals surface area (Å²) in [7, 11) is -1.46. The molecule has 4 N–H and O–H groups in total. The fraction of sp³-hybridized carbons (Fsp3) is 0.217. The third-order valence-corrected chi connectivity index (χ3v) is 12.8. The lowest BCUT2D eigenvalue weighted by Gasteiger charge is -2.04. The molecule has 0 aliphatic carbocycles. The van der Waals surface area contributed by atoms with Crippen molar-refractivity contribution in [2.24, 2.45) is 9.98 Å². The maximum atomic E-state index is 13.2. The van der Waals surface area contributed by atoms with Crippen molar-refractivity contribution in [2.45, 2.75) is 54.1 Å². The number of hydrogen-bond acceptors (Lipinski definition) is 15. The Morgan fingerprint density at radius 2 is 1.16 bits per heavy atom. The second-order valence-corrected chi connectivity index (χ2v) is 18.0. The monoisotopic (exact) mass is 1050 g/mol. The maximum absolute atomic E-state index is 13.2. The Labute approximate surface area is 408 Å². The molecule has 0 fully saturated rings. The first-order chi connectivity index (χ1) is 31.6. The number of amides is 2. The molecule has 0 spiro atoms. The summed E-state index contributed by atoms with van der Waals surface area (Å²) in [5.74, 6) is 2.26. The van der Waals surface area contributed by atoms with Gasteiger partial charge in [-0.25, -0.2) is 9.98 Å². The number of ether oxygens (including phenoxy) is 7. The number of alkyl halides is 4. The summed E-state index contributed by atoms with van der Waals surface area (Å²) in [6.07, 6.45) is -5.79. The van der Waals surface area contributed by atoms with Gasteiger partial charge >= 0.3 is 19.7 Å². The van der Waals surface area contributed by atoms with E-state index >= 15 is 0 Å². The zero-order chi connectivity index (χ0) is 45.9. The fourth-order valence-electron chi connectivity index (χ4n) is 7.28. The highest BCUT2D eigenvalue weighted by Gasteiger charge is 2.45. The molecule has 0 saturated heterocycles. The van der Waals surface area contributed by atoms with Crippen LogP contribution in [0, 0.1) is 0 Å². The molecule has 2 aromatic heterocycles. The molecular weight excluding hydrogens is 1020 g/mol. The van der Waals surface area contributed by atoms with Crippen LogP contribution in [0.25, 0.3) is 10.4 Å². The van der Waals surface area contributed by atoms with Crippen molar-refractivity contribution in [1.82, 2.24) is 10.6 Å². The van der Waals surface area contributed by atoms with Crippen LogP contribution in [0.2, 0.25) is 0 Å². The van der Waals surface area contributed by atoms with Crippen molar-refractivity contribution in [3.05, 3.63) is 115 Å². The lowest BCUT2D eigenvalue weighted by molar-refractivity contribution is -0.287. The zero-order valence-electron chi connectivity index (χ0n) is 33.4. The number of carbonyl (C=O) groups is 2. The van der Waals surface area contributed by atoms with E-state index in [1.807, 2.05) is 18.2 Å². The molecule has 69 heavy (non-hydrogen) atoms. The molecule has 6 aliphatic heterocycles. The first kappa shape index (κ1) is 50.2. The standard InChI is InChI=1S/C22H14F2N2O4S.C14H7BrF2N2O3S.C7H7BO4.3CH4/c23-22(24)29-17-6-13-8-20(25-15(13)9-18(17)30-22)26-21(27)14-7-19(31-10-14)12-1-2-16-11(5-12)3-4-28-16;15-11-2-7(5-23-11)13(20)19-12-3-6-1-9-10(4-8(6)18-12)22-14(16,17)21-9;9-8(10)5-1-2-6-7(3-5)12-4-11-6;;;/h1-2,5-7,9-10H,3-4,8H2,(H,25,26,27);1-2,4-5H,3H2,(H,18,19,20);1-3,9-10H,4H2;3*1H4. The van der Waals surface area contributed by atoms with E-state index in [0.29, 0.717) is 81.7 Å². The summed E-state index contributed by atoms with van der Waals surface area (Å²) in [6, 6.07) is 20.1. The molecule has 0 saturated carbocycles. The third kappa shape index (κ3) is 10.8. The van der Waals surface area contributed by atoms with Crippen LogP contribution >= 0.6 is 38.6 Å². The van der Waals surface area contributed by atoms with Gasteiger partial charge in [-0.3, -0.25) is 9.59 Å². The highest BCUT2D eigenvalue weighted by molar-refractivity contribution is 9.11. The van der Waals surface area contributed by atoms with Gasteiger partial charge in [-0.1, -0.05) is 28.3 Å². The van der Waals surface area contributed by atoms with Crippen LogP contribution in [0.15, 0.2) is 97.3 Å². The second-order valence-electron chi connectivity index (χ2n) is 14.8. The number of amidine groups is 2. The molecule has 0 atom stereocenters. The smallest absolute Gasteiger partial charge is 0.493 e. The van der Waals surface area contributed by atoms with Crippen LogP contribution in [0.3, 0.4) is 0 Å². The van der Waals surface area contributed by atoms with Gasteiger partial charge in [-0.05, 0) is 98.2 Å². The second kappa shape index (κ2) is 19.8. The number of carbonyl (C=O) groups excluding carboxylic acids is 2. The van der Waals surface area contributed by atoms with Gasteiger partial charge in [0, 0.05) is 47.0 Å². The minimum absolute atomic E-state index is 0. The normalized spacial score (nSPS) is 15.6. The lowest BCUT2D eigenvalue weighted by atomic mass is 9.80. The van der Waals surface area contributed by atoms with Gasteiger partial charge in [0.15, 0.2) is 34.5 Å². The number of fused-ring (bicyclic) bond motifs is 6. The topological polar surface area (TPSA) is 188 Å². The van der Waals surface area contributed by atoms with Crippen molar-refractivity contribution >= 4 is 86.0 Å². The number of nitrogens with one attached hydrogen (secondary N) is 2. The van der Waals surface area contributed by atoms with Crippen molar-refractivity contribution in [1.29, 1.82) is 0 Å². The highest BCUT2D eigenvalue weighted by atomic mass is 79.9. The molecule has 0 bridgehead atoms. The summed E-state index contributed by atoms with van der Waals surface area (Å²) >= 11 is 6.19. The van der Waals surface area contributed by atoms with E-state index < -0.39 is 19.7 Å². The van der Waals surface area contributed by atoms with Crippen LogP contribution in [0.5, 0.6) is 40.2 Å². The number of aliphatic imine (C=N–C) groups is 2. The predicted octanol–water partition coefficient (Wildman–Crippen LogP) is 9.54. The molecule has 2 amide bonds. The van der Waals surface area contributed by atoms with E-state index in [-0.39, 0.29) is 63.9 Å². The van der Waals surface area contributed by atoms with E-state index in [0.717, 1.165) is 26.4 Å². The van der Waals surface area contributed by atoms with E-state index in [1.165, 1.54) is 52.5 Å². The molecule has 0 radical (unpaired) electrons. The van der Waals surface area contributed by atoms with Crippen LogP contribution in [-0.4, -0.2) is 66.6 Å². The van der Waals surface area contributed by atoms with E-state index in [2.05, 4.69) is 61.6 Å². The average molecular weight is 1060 g/mol. The van der Waals surface area contributed by atoms with Crippen molar-refractivity contribution in [3.63, 3.8) is 0 Å². The minimum atomic E-state index is -3.67. The fourth-order valence-corrected chi connectivity index (χ4v) is 9.30. The Kier molecular flexibility index (Phi) is 14.4. The Morgan fingerprint density at radius 1 is 0.623 bits per heavy atom. The first-order valence-corrected chi connectivity index (χ1v) is 22.1. The van der Waals surface area contributed by atoms with Gasteiger partial charge < -0.3 is 53.8 Å². The Bertz CT molecular complexity index is 3040. The van der Waals surface area contributed by atoms with Crippen molar-refractivity contribution in [3.8, 4) is 50.7 Å². The van der Waals surface area contributed by atoms with E-state index in [4.69, 9.17) is 24.3 Å². The quantitative estimate of drug-likeness (QED) is 0.0973. The first-order valence-electron chi connectivity index (χ1n) is 19.6. The molecule has 8 heterocycles. The van der Waals surface area contributed by atoms with E-state index in [1.54, 1.807) is 35.0 Å².